The molecule has 7 nitrogen and oxygen atoms in total. The lowest BCUT2D eigenvalue weighted by atomic mass is 10.1. The minimum atomic E-state index is -0.344. The predicted molar refractivity (Wildman–Crippen MR) is 89.7 cm³/mol. The average Bonchev–Trinajstić information content (AvgIpc) is 3.01. The average molecular weight is 328 g/mol. The van der Waals surface area contributed by atoms with Crippen molar-refractivity contribution in [3.8, 4) is 0 Å². The first-order valence-electron chi connectivity index (χ1n) is 8.08. The van der Waals surface area contributed by atoms with Crippen LogP contribution in [0, 0.1) is 0 Å². The molecule has 1 aromatic heterocycles. The molecule has 0 atom stereocenters. The second-order valence-corrected chi connectivity index (χ2v) is 5.73. The van der Waals surface area contributed by atoms with Gasteiger partial charge in [0, 0.05) is 31.1 Å². The van der Waals surface area contributed by atoms with E-state index >= 15 is 0 Å². The first-order chi connectivity index (χ1) is 11.6. The second kappa shape index (κ2) is 6.45. The molecule has 0 radical (unpaired) electrons. The minimum Gasteiger partial charge on any atom is -0.291 e. The number of fused-ring (bicyclic) bond motifs is 1. The van der Waals surface area contributed by atoms with Gasteiger partial charge in [0.2, 0.25) is 0 Å². The number of aromatic nitrogens is 2. The fourth-order valence-corrected chi connectivity index (χ4v) is 2.83. The monoisotopic (exact) mass is 328 g/mol. The van der Waals surface area contributed by atoms with Crippen molar-refractivity contribution >= 4 is 6.08 Å². The van der Waals surface area contributed by atoms with E-state index < -0.39 is 0 Å². The van der Waals surface area contributed by atoms with E-state index in [2.05, 4.69) is 4.99 Å². The molecule has 0 amide bonds. The number of hydrogen-bond acceptors (Lipinski definition) is 5. The molecule has 3 heterocycles. The van der Waals surface area contributed by atoms with Crippen LogP contribution in [0.2, 0.25) is 0 Å². The first kappa shape index (κ1) is 16.2. The van der Waals surface area contributed by atoms with Crippen molar-refractivity contribution in [3.63, 3.8) is 0 Å². The molecule has 2 aliphatic heterocycles. The van der Waals surface area contributed by atoms with Gasteiger partial charge in [-0.2, -0.15) is 0 Å². The Hall–Kier alpha value is -2.67. The van der Waals surface area contributed by atoms with E-state index in [-0.39, 0.29) is 11.2 Å². The van der Waals surface area contributed by atoms with Crippen LogP contribution in [0.3, 0.4) is 0 Å². The van der Waals surface area contributed by atoms with Gasteiger partial charge in [-0.15, -0.1) is 0 Å². The van der Waals surface area contributed by atoms with E-state index in [9.17, 15) is 14.8 Å². The molecule has 0 fully saturated rings. The van der Waals surface area contributed by atoms with E-state index in [0.717, 1.165) is 17.1 Å². The van der Waals surface area contributed by atoms with Crippen molar-refractivity contribution in [3.05, 3.63) is 67.4 Å². The molecule has 7 heteroatoms. The summed E-state index contributed by atoms with van der Waals surface area (Å²) in [4.78, 5) is 29.7. The van der Waals surface area contributed by atoms with Gasteiger partial charge in [-0.1, -0.05) is 13.8 Å². The molecule has 1 aromatic rings. The molecule has 0 aliphatic carbocycles. The van der Waals surface area contributed by atoms with Gasteiger partial charge in [-0.25, -0.2) is 14.9 Å². The highest BCUT2D eigenvalue weighted by Crippen LogP contribution is 2.15. The van der Waals surface area contributed by atoms with Gasteiger partial charge < -0.3 is 0 Å². The Labute approximate surface area is 138 Å². The van der Waals surface area contributed by atoms with Gasteiger partial charge in [-0.05, 0) is 31.1 Å². The predicted octanol–water partition coefficient (Wildman–Crippen LogP) is 0.230. The molecule has 0 saturated carbocycles. The zero-order valence-corrected chi connectivity index (χ0v) is 13.8. The van der Waals surface area contributed by atoms with Crippen molar-refractivity contribution in [1.82, 2.24) is 14.2 Å². The summed E-state index contributed by atoms with van der Waals surface area (Å²) in [6.45, 7) is 4.84. The zero-order chi connectivity index (χ0) is 17.3. The molecule has 126 valence electrons. The number of nitrogens with zero attached hydrogens (tertiary/aromatic N) is 4. The highest BCUT2D eigenvalue weighted by Gasteiger charge is 2.16. The fourth-order valence-electron chi connectivity index (χ4n) is 2.83. The molecular weight excluding hydrogens is 308 g/mol. The van der Waals surface area contributed by atoms with Crippen molar-refractivity contribution < 1.29 is 5.21 Å². The molecule has 0 spiro atoms. The van der Waals surface area contributed by atoms with Crippen LogP contribution in [0.4, 0.5) is 0 Å². The molecule has 0 saturated heterocycles. The molecule has 2 aliphatic rings. The van der Waals surface area contributed by atoms with Crippen LogP contribution in [-0.2, 0) is 13.1 Å². The summed E-state index contributed by atoms with van der Waals surface area (Å²) >= 11 is 0. The smallest absolute Gasteiger partial charge is 0.291 e. The largest absolute Gasteiger partial charge is 0.331 e. The van der Waals surface area contributed by atoms with Gasteiger partial charge >= 0.3 is 5.69 Å². The molecular formula is C17H20N4O3. The van der Waals surface area contributed by atoms with Crippen LogP contribution in [0.1, 0.15) is 26.7 Å². The summed E-state index contributed by atoms with van der Waals surface area (Å²) in [6, 6.07) is 0. The summed E-state index contributed by atoms with van der Waals surface area (Å²) in [6.07, 6.45) is 9.64. The van der Waals surface area contributed by atoms with Gasteiger partial charge in [0.1, 0.15) is 0 Å². The molecule has 0 unspecified atom stereocenters. The summed E-state index contributed by atoms with van der Waals surface area (Å²) in [5, 5.41) is 11.1. The van der Waals surface area contributed by atoms with E-state index in [0.29, 0.717) is 35.9 Å². The van der Waals surface area contributed by atoms with Crippen molar-refractivity contribution in [1.29, 1.82) is 0 Å². The number of hydroxylamine groups is 2. The summed E-state index contributed by atoms with van der Waals surface area (Å²) in [7, 11) is 0. The van der Waals surface area contributed by atoms with Crippen LogP contribution in [0.15, 0.2) is 50.4 Å². The maximum atomic E-state index is 12.6. The third-order valence-corrected chi connectivity index (χ3v) is 3.95. The molecule has 1 N–H and O–H groups in total. The third kappa shape index (κ3) is 2.67. The van der Waals surface area contributed by atoms with E-state index in [4.69, 9.17) is 0 Å². The lowest BCUT2D eigenvalue weighted by Gasteiger charge is -2.10. The van der Waals surface area contributed by atoms with Crippen molar-refractivity contribution in [2.45, 2.75) is 39.8 Å². The van der Waals surface area contributed by atoms with Crippen molar-refractivity contribution in [2.24, 2.45) is 4.99 Å². The number of rotatable bonds is 4. The Morgan fingerprint density at radius 1 is 1.04 bits per heavy atom. The Kier molecular flexibility index (Phi) is 4.35. The Morgan fingerprint density at radius 2 is 1.67 bits per heavy atom. The molecule has 3 rings (SSSR count). The third-order valence-electron chi connectivity index (χ3n) is 3.95. The highest BCUT2D eigenvalue weighted by atomic mass is 16.5. The second-order valence-electron chi connectivity index (χ2n) is 5.73. The summed E-state index contributed by atoms with van der Waals surface area (Å²) in [5.74, 6) is 0. The lowest BCUT2D eigenvalue weighted by Crippen LogP contribution is -2.57. The fraction of sp³-hybridized carbons (Fsp3) is 0.353. The van der Waals surface area contributed by atoms with E-state index in [1.807, 2.05) is 13.8 Å². The van der Waals surface area contributed by atoms with Crippen molar-refractivity contribution in [2.75, 3.05) is 0 Å². The van der Waals surface area contributed by atoms with Crippen LogP contribution in [0.25, 0.3) is 6.08 Å². The topological polar surface area (TPSA) is 79.8 Å². The van der Waals surface area contributed by atoms with Crippen LogP contribution in [-0.4, -0.2) is 19.4 Å². The van der Waals surface area contributed by atoms with Gasteiger partial charge in [0.15, 0.2) is 5.36 Å². The number of allylic oxidation sites excluding steroid dienone is 4. The summed E-state index contributed by atoms with van der Waals surface area (Å²) < 4.78 is 2.89. The van der Waals surface area contributed by atoms with Gasteiger partial charge in [-0.3, -0.25) is 19.1 Å². The minimum absolute atomic E-state index is 0.281. The van der Waals surface area contributed by atoms with Gasteiger partial charge in [0.25, 0.3) is 5.56 Å². The summed E-state index contributed by atoms with van der Waals surface area (Å²) in [5.41, 5.74) is 0.759. The Bertz CT molecular complexity index is 976. The van der Waals surface area contributed by atoms with E-state index in [1.165, 1.54) is 17.0 Å². The Balaban J connectivity index is 2.30. The normalized spacial score (nSPS) is 15.5. The molecule has 0 bridgehead atoms. The number of hydrogen-bond donors (Lipinski definition) is 1. The zero-order valence-electron chi connectivity index (χ0n) is 13.8. The van der Waals surface area contributed by atoms with Crippen LogP contribution >= 0.6 is 0 Å². The maximum absolute atomic E-state index is 12.6. The van der Waals surface area contributed by atoms with Gasteiger partial charge in [0.05, 0.1) is 11.0 Å². The van der Waals surface area contributed by atoms with Crippen LogP contribution in [0.5, 0.6) is 0 Å². The first-order valence-corrected chi connectivity index (χ1v) is 8.08. The standard InChI is InChI=1S/C17H20N4O3/c1-3-7-20-14-11-13(12-5-9-19(24)10-6-12)18-15(14)16(22)21(8-4-2)17(20)23/h5-6,9-11,24H,3-4,7-8H2,1-2H3. The quantitative estimate of drug-likeness (QED) is 0.858. The molecule has 0 aromatic carbocycles. The molecule has 24 heavy (non-hydrogen) atoms. The SMILES string of the molecule is CCCn1c(=O)c2c(n(CCC)c1=O)=CC(=C1C=CN(O)C=C1)N=2. The maximum Gasteiger partial charge on any atom is 0.331 e. The van der Waals surface area contributed by atoms with E-state index in [1.54, 1.807) is 22.8 Å². The van der Waals surface area contributed by atoms with Crippen LogP contribution < -0.4 is 22.0 Å². The lowest BCUT2D eigenvalue weighted by molar-refractivity contribution is 0.0105. The Morgan fingerprint density at radius 3 is 2.29 bits per heavy atom. The highest BCUT2D eigenvalue weighted by molar-refractivity contribution is 5.56.